The van der Waals surface area contributed by atoms with Gasteiger partial charge in [0.1, 0.15) is 0 Å². The van der Waals surface area contributed by atoms with Crippen LogP contribution in [0.25, 0.3) is 0 Å². The molecular weight excluding hydrogens is 253 g/mol. The van der Waals surface area contributed by atoms with E-state index < -0.39 is 11.7 Å². The van der Waals surface area contributed by atoms with Crippen molar-refractivity contribution in [3.63, 3.8) is 0 Å². The Morgan fingerprint density at radius 2 is 2.05 bits per heavy atom. The molecule has 2 atom stereocenters. The second-order valence-electron chi connectivity index (χ2n) is 4.96. The predicted octanol–water partition coefficient (Wildman–Crippen LogP) is 2.97. The van der Waals surface area contributed by atoms with Crippen molar-refractivity contribution in [3.05, 3.63) is 35.4 Å². The maximum absolute atomic E-state index is 13.1. The van der Waals surface area contributed by atoms with Crippen molar-refractivity contribution >= 4 is 0 Å². The average molecular weight is 272 g/mol. The molecule has 1 fully saturated rings. The number of benzene rings is 1. The highest BCUT2D eigenvalue weighted by atomic mass is 19.4. The summed E-state index contributed by atoms with van der Waals surface area (Å²) in [6.07, 6.45) is -2.34. The smallest absolute Gasteiger partial charge is 0.316 e. The van der Waals surface area contributed by atoms with E-state index in [0.29, 0.717) is 5.56 Å². The van der Waals surface area contributed by atoms with Crippen molar-refractivity contribution < 1.29 is 13.2 Å². The van der Waals surface area contributed by atoms with Gasteiger partial charge in [-0.3, -0.25) is 0 Å². The Labute approximate surface area is 111 Å². The summed E-state index contributed by atoms with van der Waals surface area (Å²) >= 11 is 0. The summed E-state index contributed by atoms with van der Waals surface area (Å²) in [6.45, 7) is 1.71. The fraction of sp³-hybridized carbons (Fsp3) is 0.571. The van der Waals surface area contributed by atoms with E-state index in [1.807, 2.05) is 0 Å². The molecule has 0 amide bonds. The van der Waals surface area contributed by atoms with E-state index in [0.717, 1.165) is 32.0 Å². The molecule has 0 radical (unpaired) electrons. The van der Waals surface area contributed by atoms with Gasteiger partial charge in [-0.2, -0.15) is 13.2 Å². The first-order valence-electron chi connectivity index (χ1n) is 6.58. The number of piperidine rings is 1. The lowest BCUT2D eigenvalue weighted by atomic mass is 9.85. The molecule has 0 bridgehead atoms. The maximum Gasteiger partial charge on any atom is 0.416 e. The molecule has 2 nitrogen and oxygen atoms in total. The topological polar surface area (TPSA) is 24.1 Å². The molecule has 2 N–H and O–H groups in total. The molecule has 2 rings (SSSR count). The van der Waals surface area contributed by atoms with Crippen LogP contribution in [-0.2, 0) is 6.18 Å². The number of hydrogen-bond donors (Lipinski definition) is 2. The Morgan fingerprint density at radius 1 is 1.32 bits per heavy atom. The van der Waals surface area contributed by atoms with Gasteiger partial charge in [0.15, 0.2) is 0 Å². The molecule has 1 aliphatic heterocycles. The molecule has 2 unspecified atom stereocenters. The van der Waals surface area contributed by atoms with Crippen molar-refractivity contribution in [1.82, 2.24) is 10.6 Å². The van der Waals surface area contributed by atoms with Crippen LogP contribution in [-0.4, -0.2) is 20.1 Å². The van der Waals surface area contributed by atoms with Crippen molar-refractivity contribution in [1.29, 1.82) is 0 Å². The first kappa shape index (κ1) is 14.3. The van der Waals surface area contributed by atoms with E-state index in [1.165, 1.54) is 6.07 Å². The lowest BCUT2D eigenvalue weighted by Crippen LogP contribution is -2.38. The van der Waals surface area contributed by atoms with Gasteiger partial charge < -0.3 is 10.6 Å². The van der Waals surface area contributed by atoms with Crippen LogP contribution >= 0.6 is 0 Å². The third-order valence-corrected chi connectivity index (χ3v) is 3.72. The molecule has 1 heterocycles. The van der Waals surface area contributed by atoms with Crippen LogP contribution in [0.4, 0.5) is 13.2 Å². The predicted molar refractivity (Wildman–Crippen MR) is 68.8 cm³/mol. The average Bonchev–Trinajstić information content (AvgIpc) is 2.40. The van der Waals surface area contributed by atoms with Crippen LogP contribution in [0, 0.1) is 5.92 Å². The Bertz CT molecular complexity index is 411. The zero-order chi connectivity index (χ0) is 13.9. The quantitative estimate of drug-likeness (QED) is 0.884. The first-order chi connectivity index (χ1) is 9.04. The minimum absolute atomic E-state index is 0.197. The summed E-state index contributed by atoms with van der Waals surface area (Å²) in [4.78, 5) is 0. The maximum atomic E-state index is 13.1. The number of halogens is 3. The lowest BCUT2D eigenvalue weighted by molar-refractivity contribution is -0.138. The molecule has 0 spiro atoms. The molecule has 5 heteroatoms. The van der Waals surface area contributed by atoms with Crippen LogP contribution in [0.15, 0.2) is 24.3 Å². The number of hydrogen-bond acceptors (Lipinski definition) is 2. The Morgan fingerprint density at radius 3 is 2.63 bits per heavy atom. The Balaban J connectivity index is 2.32. The van der Waals surface area contributed by atoms with Crippen LogP contribution < -0.4 is 10.6 Å². The van der Waals surface area contributed by atoms with E-state index in [2.05, 4.69) is 10.6 Å². The molecule has 0 aliphatic carbocycles. The number of rotatable bonds is 3. The normalized spacial score (nSPS) is 22.2. The number of nitrogens with one attached hydrogen (secondary N) is 2. The first-order valence-corrected chi connectivity index (χ1v) is 6.58. The van der Waals surface area contributed by atoms with Gasteiger partial charge in [-0.05, 0) is 50.5 Å². The minimum Gasteiger partial charge on any atom is -0.316 e. The van der Waals surface area contributed by atoms with Crippen molar-refractivity contribution in [3.8, 4) is 0 Å². The highest BCUT2D eigenvalue weighted by Crippen LogP contribution is 2.37. The van der Waals surface area contributed by atoms with E-state index >= 15 is 0 Å². The van der Waals surface area contributed by atoms with Gasteiger partial charge in [0.2, 0.25) is 0 Å². The Hall–Kier alpha value is -1.07. The summed E-state index contributed by atoms with van der Waals surface area (Å²) in [5.41, 5.74) is -0.175. The molecule has 0 saturated carbocycles. The highest BCUT2D eigenvalue weighted by molar-refractivity contribution is 5.33. The van der Waals surface area contributed by atoms with Crippen molar-refractivity contribution in [2.45, 2.75) is 25.1 Å². The van der Waals surface area contributed by atoms with Crippen molar-refractivity contribution in [2.75, 3.05) is 20.1 Å². The molecule has 1 aromatic rings. The summed E-state index contributed by atoms with van der Waals surface area (Å²) in [7, 11) is 1.73. The second kappa shape index (κ2) is 5.92. The van der Waals surface area contributed by atoms with Gasteiger partial charge in [0.25, 0.3) is 0 Å². The Kier molecular flexibility index (Phi) is 4.47. The zero-order valence-corrected chi connectivity index (χ0v) is 10.9. The number of alkyl halides is 3. The molecule has 0 aromatic heterocycles. The zero-order valence-electron chi connectivity index (χ0n) is 10.9. The monoisotopic (exact) mass is 272 g/mol. The van der Waals surface area contributed by atoms with Gasteiger partial charge in [0, 0.05) is 6.04 Å². The fourth-order valence-corrected chi connectivity index (χ4v) is 2.83. The SMILES string of the molecule is CNC(c1ccccc1C(F)(F)F)C1CCCNC1. The van der Waals surface area contributed by atoms with Crippen LogP contribution in [0.2, 0.25) is 0 Å². The fourth-order valence-electron chi connectivity index (χ4n) is 2.83. The standard InChI is InChI=1S/C14H19F3N2/c1-18-13(10-5-4-8-19-9-10)11-6-2-3-7-12(11)14(15,16)17/h2-3,6-7,10,13,18-19H,4-5,8-9H2,1H3. The largest absolute Gasteiger partial charge is 0.416 e. The van der Waals surface area contributed by atoms with Crippen LogP contribution in [0.1, 0.15) is 30.0 Å². The van der Waals surface area contributed by atoms with Gasteiger partial charge in [-0.1, -0.05) is 18.2 Å². The highest BCUT2D eigenvalue weighted by Gasteiger charge is 2.36. The van der Waals surface area contributed by atoms with Crippen LogP contribution in [0.3, 0.4) is 0 Å². The van der Waals surface area contributed by atoms with E-state index in [1.54, 1.807) is 19.2 Å². The van der Waals surface area contributed by atoms with Gasteiger partial charge in [0.05, 0.1) is 5.56 Å². The third kappa shape index (κ3) is 3.28. The molecule has 1 aliphatic rings. The molecule has 19 heavy (non-hydrogen) atoms. The van der Waals surface area contributed by atoms with Gasteiger partial charge in [-0.25, -0.2) is 0 Å². The van der Waals surface area contributed by atoms with Crippen LogP contribution in [0.5, 0.6) is 0 Å². The van der Waals surface area contributed by atoms with Gasteiger partial charge >= 0.3 is 6.18 Å². The summed E-state index contributed by atoms with van der Waals surface area (Å²) < 4.78 is 39.2. The lowest BCUT2D eigenvalue weighted by Gasteiger charge is -2.32. The van der Waals surface area contributed by atoms with E-state index in [4.69, 9.17) is 0 Å². The summed E-state index contributed by atoms with van der Waals surface area (Å²) in [5, 5.41) is 6.32. The molecular formula is C14H19F3N2. The van der Waals surface area contributed by atoms with Gasteiger partial charge in [-0.15, -0.1) is 0 Å². The molecule has 1 saturated heterocycles. The summed E-state index contributed by atoms with van der Waals surface area (Å²) in [6, 6.07) is 5.60. The molecule has 106 valence electrons. The minimum atomic E-state index is -4.30. The molecule has 1 aromatic carbocycles. The summed E-state index contributed by atoms with van der Waals surface area (Å²) in [5.74, 6) is 0.197. The van der Waals surface area contributed by atoms with E-state index in [-0.39, 0.29) is 12.0 Å². The third-order valence-electron chi connectivity index (χ3n) is 3.72. The van der Waals surface area contributed by atoms with Crippen molar-refractivity contribution in [2.24, 2.45) is 5.92 Å². The van der Waals surface area contributed by atoms with E-state index in [9.17, 15) is 13.2 Å². The second-order valence-corrected chi connectivity index (χ2v) is 4.96.